The van der Waals surface area contributed by atoms with Crippen molar-refractivity contribution in [1.82, 2.24) is 10.2 Å². The highest BCUT2D eigenvalue weighted by Gasteiger charge is 2.49. The summed E-state index contributed by atoms with van der Waals surface area (Å²) in [6, 6.07) is 11.7. The molecule has 25 heavy (non-hydrogen) atoms. The molecular formula is C20H20F2N2O. The summed E-state index contributed by atoms with van der Waals surface area (Å²) in [7, 11) is 1.83. The fourth-order valence-corrected chi connectivity index (χ4v) is 4.07. The third-order valence-electron chi connectivity index (χ3n) is 5.49. The number of nitrogens with zero attached hydrogens (tertiary/aromatic N) is 1. The van der Waals surface area contributed by atoms with Crippen LogP contribution in [0, 0.1) is 11.6 Å². The van der Waals surface area contributed by atoms with Gasteiger partial charge in [0, 0.05) is 25.2 Å². The number of likely N-dealkylation sites (N-methyl/N-ethyl adjacent to an activating group) is 1. The molecule has 0 unspecified atom stereocenters. The van der Waals surface area contributed by atoms with Crippen molar-refractivity contribution in [3.8, 4) is 11.1 Å². The molecule has 2 heterocycles. The van der Waals surface area contributed by atoms with Gasteiger partial charge in [-0.25, -0.2) is 8.78 Å². The minimum Gasteiger partial charge on any atom is -0.344 e. The molecule has 2 fully saturated rings. The largest absolute Gasteiger partial charge is 0.344 e. The maximum absolute atomic E-state index is 14.1. The smallest absolute Gasteiger partial charge is 0.242 e. The zero-order valence-corrected chi connectivity index (χ0v) is 14.1. The number of rotatable bonds is 2. The summed E-state index contributed by atoms with van der Waals surface area (Å²) in [6.45, 7) is 0.771. The standard InChI is InChI=1S/C20H20F2N2O/c1-24-11-10-20(19(24)25)9-8-17(23-20)14-5-2-4-13(12-14)15-6-3-7-16(21)18(15)22/h2-7,12,17,23H,8-11H2,1H3/t17-,20+/m1/s1. The molecule has 1 amide bonds. The zero-order chi connectivity index (χ0) is 17.6. The zero-order valence-electron chi connectivity index (χ0n) is 14.1. The van der Waals surface area contributed by atoms with Crippen molar-refractivity contribution >= 4 is 5.91 Å². The van der Waals surface area contributed by atoms with Gasteiger partial charge >= 0.3 is 0 Å². The lowest BCUT2D eigenvalue weighted by molar-refractivity contribution is -0.131. The van der Waals surface area contributed by atoms with E-state index in [-0.39, 0.29) is 17.5 Å². The van der Waals surface area contributed by atoms with Crippen LogP contribution in [-0.4, -0.2) is 29.9 Å². The molecule has 2 atom stereocenters. The third-order valence-corrected chi connectivity index (χ3v) is 5.49. The number of carbonyl (C=O) groups is 1. The van der Waals surface area contributed by atoms with Crippen molar-refractivity contribution in [3.05, 3.63) is 59.7 Å². The van der Waals surface area contributed by atoms with Gasteiger partial charge in [-0.1, -0.05) is 30.3 Å². The topological polar surface area (TPSA) is 32.3 Å². The van der Waals surface area contributed by atoms with Crippen molar-refractivity contribution in [3.63, 3.8) is 0 Å². The second-order valence-corrected chi connectivity index (χ2v) is 7.02. The van der Waals surface area contributed by atoms with E-state index in [1.54, 1.807) is 17.0 Å². The molecule has 2 aromatic rings. The van der Waals surface area contributed by atoms with E-state index < -0.39 is 17.2 Å². The van der Waals surface area contributed by atoms with Gasteiger partial charge in [-0.05, 0) is 42.5 Å². The predicted octanol–water partition coefficient (Wildman–Crippen LogP) is 3.66. The third kappa shape index (κ3) is 2.63. The maximum atomic E-state index is 14.1. The molecule has 0 aliphatic carbocycles. The molecule has 2 aliphatic rings. The predicted molar refractivity (Wildman–Crippen MR) is 91.9 cm³/mol. The van der Waals surface area contributed by atoms with Gasteiger partial charge in [-0.15, -0.1) is 0 Å². The number of likely N-dealkylation sites (tertiary alicyclic amines) is 1. The Bertz CT molecular complexity index is 838. The average Bonchev–Trinajstić information content (AvgIpc) is 3.18. The van der Waals surface area contributed by atoms with Crippen molar-refractivity contribution in [2.75, 3.05) is 13.6 Å². The van der Waals surface area contributed by atoms with E-state index in [9.17, 15) is 13.6 Å². The number of amides is 1. The normalized spacial score (nSPS) is 26.0. The van der Waals surface area contributed by atoms with Gasteiger partial charge in [0.2, 0.25) is 5.91 Å². The fourth-order valence-electron chi connectivity index (χ4n) is 4.07. The van der Waals surface area contributed by atoms with Gasteiger partial charge in [0.1, 0.15) is 5.54 Å². The van der Waals surface area contributed by atoms with E-state index in [1.807, 2.05) is 25.2 Å². The second-order valence-electron chi connectivity index (χ2n) is 7.02. The summed E-state index contributed by atoms with van der Waals surface area (Å²) in [6.07, 6.45) is 2.48. The van der Waals surface area contributed by atoms with Gasteiger partial charge in [0.25, 0.3) is 0 Å². The van der Waals surface area contributed by atoms with Crippen LogP contribution < -0.4 is 5.32 Å². The van der Waals surface area contributed by atoms with E-state index in [4.69, 9.17) is 0 Å². The highest BCUT2D eigenvalue weighted by atomic mass is 19.2. The average molecular weight is 342 g/mol. The molecule has 2 aromatic carbocycles. The molecule has 0 bridgehead atoms. The summed E-state index contributed by atoms with van der Waals surface area (Å²) in [5, 5.41) is 3.51. The monoisotopic (exact) mass is 342 g/mol. The van der Waals surface area contributed by atoms with Gasteiger partial charge in [0.05, 0.1) is 0 Å². The number of hydrogen-bond donors (Lipinski definition) is 1. The highest BCUT2D eigenvalue weighted by Crippen LogP contribution is 2.39. The van der Waals surface area contributed by atoms with E-state index in [2.05, 4.69) is 5.32 Å². The molecule has 4 rings (SSSR count). The summed E-state index contributed by atoms with van der Waals surface area (Å²) < 4.78 is 27.6. The van der Waals surface area contributed by atoms with Crippen LogP contribution in [0.25, 0.3) is 11.1 Å². The van der Waals surface area contributed by atoms with E-state index >= 15 is 0 Å². The van der Waals surface area contributed by atoms with Gasteiger partial charge in [-0.2, -0.15) is 0 Å². The fraction of sp³-hybridized carbons (Fsp3) is 0.350. The molecule has 0 aromatic heterocycles. The number of benzene rings is 2. The van der Waals surface area contributed by atoms with Crippen LogP contribution >= 0.6 is 0 Å². The van der Waals surface area contributed by atoms with Crippen LogP contribution in [0.4, 0.5) is 8.78 Å². The SMILES string of the molecule is CN1CC[C@@]2(CC[C@H](c3cccc(-c4cccc(F)c4F)c3)N2)C1=O. The molecule has 0 saturated carbocycles. The summed E-state index contributed by atoms with van der Waals surface area (Å²) in [5.74, 6) is -1.52. The second kappa shape index (κ2) is 5.92. The Kier molecular flexibility index (Phi) is 3.84. The number of carbonyl (C=O) groups excluding carboxylic acids is 1. The molecule has 3 nitrogen and oxygen atoms in total. The van der Waals surface area contributed by atoms with Gasteiger partial charge in [-0.3, -0.25) is 10.1 Å². The van der Waals surface area contributed by atoms with Crippen LogP contribution in [0.3, 0.4) is 0 Å². The first-order chi connectivity index (χ1) is 12.0. The molecule has 130 valence electrons. The lowest BCUT2D eigenvalue weighted by Crippen LogP contribution is -2.47. The molecule has 2 aliphatic heterocycles. The quantitative estimate of drug-likeness (QED) is 0.903. The molecule has 0 radical (unpaired) electrons. The molecular weight excluding hydrogens is 322 g/mol. The van der Waals surface area contributed by atoms with Crippen molar-refractivity contribution < 1.29 is 13.6 Å². The molecule has 1 N–H and O–H groups in total. The van der Waals surface area contributed by atoms with Gasteiger partial charge in [0.15, 0.2) is 11.6 Å². The van der Waals surface area contributed by atoms with Crippen LogP contribution in [-0.2, 0) is 4.79 Å². The Hall–Kier alpha value is -2.27. The Labute approximate surface area is 145 Å². The number of nitrogens with one attached hydrogen (secondary N) is 1. The van der Waals surface area contributed by atoms with Crippen LogP contribution in [0.1, 0.15) is 30.9 Å². The number of halogens is 2. The van der Waals surface area contributed by atoms with Crippen LogP contribution in [0.2, 0.25) is 0 Å². The molecule has 2 saturated heterocycles. The summed E-state index contributed by atoms with van der Waals surface area (Å²) in [5.41, 5.74) is 1.44. The van der Waals surface area contributed by atoms with Crippen LogP contribution in [0.15, 0.2) is 42.5 Å². The summed E-state index contributed by atoms with van der Waals surface area (Å²) >= 11 is 0. The number of hydrogen-bond acceptors (Lipinski definition) is 2. The lowest BCUT2D eigenvalue weighted by Gasteiger charge is -2.23. The van der Waals surface area contributed by atoms with E-state index in [0.29, 0.717) is 5.56 Å². The highest BCUT2D eigenvalue weighted by molar-refractivity contribution is 5.88. The molecule has 1 spiro atoms. The summed E-state index contributed by atoms with van der Waals surface area (Å²) in [4.78, 5) is 14.2. The maximum Gasteiger partial charge on any atom is 0.242 e. The van der Waals surface area contributed by atoms with Gasteiger partial charge < -0.3 is 4.90 Å². The lowest BCUT2D eigenvalue weighted by atomic mass is 9.95. The first-order valence-electron chi connectivity index (χ1n) is 8.58. The first kappa shape index (κ1) is 16.2. The Morgan fingerprint density at radius 3 is 2.72 bits per heavy atom. The van der Waals surface area contributed by atoms with E-state index in [1.165, 1.54) is 6.07 Å². The van der Waals surface area contributed by atoms with Crippen LogP contribution in [0.5, 0.6) is 0 Å². The van der Waals surface area contributed by atoms with Crippen molar-refractivity contribution in [2.24, 2.45) is 0 Å². The Morgan fingerprint density at radius 2 is 1.96 bits per heavy atom. The van der Waals surface area contributed by atoms with Crippen molar-refractivity contribution in [1.29, 1.82) is 0 Å². The van der Waals surface area contributed by atoms with Crippen molar-refractivity contribution in [2.45, 2.75) is 30.8 Å². The minimum absolute atomic E-state index is 0.0482. The minimum atomic E-state index is -0.847. The first-order valence-corrected chi connectivity index (χ1v) is 8.58. The Morgan fingerprint density at radius 1 is 1.16 bits per heavy atom. The molecule has 5 heteroatoms. The Balaban J connectivity index is 1.63. The van der Waals surface area contributed by atoms with E-state index in [0.717, 1.165) is 37.4 Å².